The fraction of sp³-hybridized carbons (Fsp3) is 0.357. The Balaban J connectivity index is 2.15. The highest BCUT2D eigenvalue weighted by Gasteiger charge is 2.34. The number of hydrogen-bond acceptors (Lipinski definition) is 3. The second-order valence-electron chi connectivity index (χ2n) is 5.01. The molecule has 1 fully saturated rings. The lowest BCUT2D eigenvalue weighted by Crippen LogP contribution is -2.43. The predicted molar refractivity (Wildman–Crippen MR) is 75.3 cm³/mol. The lowest BCUT2D eigenvalue weighted by Gasteiger charge is -2.29. The summed E-state index contributed by atoms with van der Waals surface area (Å²) in [6.45, 7) is 0. The molecule has 21 heavy (non-hydrogen) atoms. The van der Waals surface area contributed by atoms with Crippen molar-refractivity contribution >= 4 is 34.4 Å². The monoisotopic (exact) mass is 309 g/mol. The lowest BCUT2D eigenvalue weighted by atomic mass is 10.0. The summed E-state index contributed by atoms with van der Waals surface area (Å²) in [5, 5.41) is 0. The molecule has 2 aromatic rings. The van der Waals surface area contributed by atoms with Gasteiger partial charge in [-0.15, -0.1) is 11.6 Å². The number of imide groups is 1. The van der Waals surface area contributed by atoms with Crippen molar-refractivity contribution in [3.8, 4) is 0 Å². The summed E-state index contributed by atoms with van der Waals surface area (Å²) < 4.78 is 15.0. The summed E-state index contributed by atoms with van der Waals surface area (Å²) in [5.41, 5.74) is 1.10. The molecule has 2 heterocycles. The third kappa shape index (κ3) is 2.19. The molecule has 1 aromatic carbocycles. The summed E-state index contributed by atoms with van der Waals surface area (Å²) in [6.07, 6.45) is 0.685. The molecule has 0 aliphatic carbocycles. The van der Waals surface area contributed by atoms with Crippen LogP contribution in [0.4, 0.5) is 4.39 Å². The zero-order chi connectivity index (χ0) is 15.1. The molecule has 110 valence electrons. The van der Waals surface area contributed by atoms with Crippen LogP contribution < -0.4 is 0 Å². The molecule has 1 saturated heterocycles. The first kappa shape index (κ1) is 14.0. The molecule has 1 aliphatic rings. The summed E-state index contributed by atoms with van der Waals surface area (Å²) in [4.78, 5) is 29.3. The molecule has 0 N–H and O–H groups in total. The summed E-state index contributed by atoms with van der Waals surface area (Å²) in [5.74, 6) is -0.271. The van der Waals surface area contributed by atoms with Gasteiger partial charge in [-0.05, 0) is 18.6 Å². The Morgan fingerprint density at radius 3 is 2.90 bits per heavy atom. The van der Waals surface area contributed by atoms with Gasteiger partial charge in [-0.25, -0.2) is 9.37 Å². The molecular weight excluding hydrogens is 297 g/mol. The summed E-state index contributed by atoms with van der Waals surface area (Å²) >= 11 is 5.91. The van der Waals surface area contributed by atoms with Crippen LogP contribution in [0.25, 0.3) is 11.0 Å². The fourth-order valence-corrected chi connectivity index (χ4v) is 2.89. The van der Waals surface area contributed by atoms with Crippen LogP contribution in [0.3, 0.4) is 0 Å². The van der Waals surface area contributed by atoms with Gasteiger partial charge in [0.05, 0.1) is 16.9 Å². The van der Waals surface area contributed by atoms with Crippen LogP contribution >= 0.6 is 11.6 Å². The standard InChI is InChI=1S/C14H13ClFN3O2/c1-18-13(20)5-4-11(14(18)21)19-10-3-2-8(16)6-9(10)17-12(19)7-15/h2-3,6,11H,4-5,7H2,1H3. The number of hydrogen-bond donors (Lipinski definition) is 0. The molecule has 1 atom stereocenters. The number of alkyl halides is 1. The number of imidazole rings is 1. The maximum Gasteiger partial charge on any atom is 0.252 e. The van der Waals surface area contributed by atoms with Crippen LogP contribution in [0.15, 0.2) is 18.2 Å². The van der Waals surface area contributed by atoms with Gasteiger partial charge in [-0.1, -0.05) is 0 Å². The Labute approximate surface area is 125 Å². The van der Waals surface area contributed by atoms with Crippen LogP contribution in [0.2, 0.25) is 0 Å². The van der Waals surface area contributed by atoms with Gasteiger partial charge >= 0.3 is 0 Å². The average Bonchev–Trinajstić information content (AvgIpc) is 2.82. The quantitative estimate of drug-likeness (QED) is 0.631. The first-order valence-corrected chi connectivity index (χ1v) is 7.09. The molecule has 0 bridgehead atoms. The number of amides is 2. The number of carbonyl (C=O) groups excluding carboxylic acids is 2. The zero-order valence-electron chi connectivity index (χ0n) is 11.3. The summed E-state index contributed by atoms with van der Waals surface area (Å²) in [7, 11) is 1.47. The smallest absolute Gasteiger partial charge is 0.252 e. The molecule has 7 heteroatoms. The Bertz CT molecular complexity index is 743. The highest BCUT2D eigenvalue weighted by molar-refractivity contribution is 6.17. The van der Waals surface area contributed by atoms with Crippen LogP contribution in [-0.4, -0.2) is 33.3 Å². The van der Waals surface area contributed by atoms with Crippen molar-refractivity contribution in [1.29, 1.82) is 0 Å². The van der Waals surface area contributed by atoms with Gasteiger partial charge in [0.2, 0.25) is 5.91 Å². The van der Waals surface area contributed by atoms with Gasteiger partial charge in [-0.3, -0.25) is 14.5 Å². The largest absolute Gasteiger partial charge is 0.314 e. The van der Waals surface area contributed by atoms with Gasteiger partial charge in [-0.2, -0.15) is 0 Å². The number of likely N-dealkylation sites (tertiary alicyclic amines) is 1. The number of likely N-dealkylation sites (N-methyl/N-ethyl adjacent to an activating group) is 1. The molecule has 1 unspecified atom stereocenters. The third-order valence-electron chi connectivity index (χ3n) is 3.78. The van der Waals surface area contributed by atoms with Crippen molar-refractivity contribution in [3.05, 3.63) is 29.8 Å². The van der Waals surface area contributed by atoms with Crippen molar-refractivity contribution in [2.75, 3.05) is 7.05 Å². The highest BCUT2D eigenvalue weighted by Crippen LogP contribution is 2.29. The van der Waals surface area contributed by atoms with E-state index < -0.39 is 11.9 Å². The van der Waals surface area contributed by atoms with Crippen LogP contribution in [-0.2, 0) is 15.5 Å². The number of halogens is 2. The minimum Gasteiger partial charge on any atom is -0.314 e. The Morgan fingerprint density at radius 1 is 1.43 bits per heavy atom. The number of nitrogens with zero attached hydrogens (tertiary/aromatic N) is 3. The van der Waals surface area contributed by atoms with E-state index in [9.17, 15) is 14.0 Å². The molecule has 0 saturated carbocycles. The van der Waals surface area contributed by atoms with E-state index in [1.165, 1.54) is 19.2 Å². The van der Waals surface area contributed by atoms with Crippen molar-refractivity contribution in [2.24, 2.45) is 0 Å². The molecule has 3 rings (SSSR count). The number of piperidine rings is 1. The van der Waals surface area contributed by atoms with Crippen molar-refractivity contribution in [3.63, 3.8) is 0 Å². The number of benzene rings is 1. The lowest BCUT2D eigenvalue weighted by molar-refractivity contribution is -0.149. The molecule has 5 nitrogen and oxygen atoms in total. The third-order valence-corrected chi connectivity index (χ3v) is 4.02. The average molecular weight is 310 g/mol. The van der Waals surface area contributed by atoms with Gasteiger partial charge in [0, 0.05) is 19.5 Å². The minimum atomic E-state index is -0.531. The molecule has 2 amide bonds. The highest BCUT2D eigenvalue weighted by atomic mass is 35.5. The number of carbonyl (C=O) groups is 2. The number of aromatic nitrogens is 2. The SMILES string of the molecule is CN1C(=O)CCC(n2c(CCl)nc3cc(F)ccc32)C1=O. The zero-order valence-corrected chi connectivity index (χ0v) is 12.1. The van der Waals surface area contributed by atoms with E-state index in [4.69, 9.17) is 11.6 Å². The van der Waals surface area contributed by atoms with Gasteiger partial charge < -0.3 is 4.57 Å². The van der Waals surface area contributed by atoms with Gasteiger partial charge in [0.25, 0.3) is 5.91 Å². The Hall–Kier alpha value is -1.95. The van der Waals surface area contributed by atoms with Gasteiger partial charge in [0.1, 0.15) is 17.7 Å². The molecule has 1 aliphatic heterocycles. The normalized spacial score (nSPS) is 19.6. The molecule has 0 radical (unpaired) electrons. The molecule has 0 spiro atoms. The van der Waals surface area contributed by atoms with Crippen LogP contribution in [0.5, 0.6) is 0 Å². The van der Waals surface area contributed by atoms with Crippen LogP contribution in [0, 0.1) is 5.82 Å². The maximum atomic E-state index is 13.3. The van der Waals surface area contributed by atoms with E-state index in [2.05, 4.69) is 4.98 Å². The number of fused-ring (bicyclic) bond motifs is 1. The Kier molecular flexibility index (Phi) is 3.41. The summed E-state index contributed by atoms with van der Waals surface area (Å²) in [6, 6.07) is 3.68. The van der Waals surface area contributed by atoms with E-state index in [0.717, 1.165) is 4.90 Å². The molecular formula is C14H13ClFN3O2. The van der Waals surface area contributed by atoms with Crippen molar-refractivity contribution in [2.45, 2.75) is 24.8 Å². The fourth-order valence-electron chi connectivity index (χ4n) is 2.70. The second-order valence-corrected chi connectivity index (χ2v) is 5.28. The maximum absolute atomic E-state index is 13.3. The van der Waals surface area contributed by atoms with E-state index >= 15 is 0 Å². The van der Waals surface area contributed by atoms with Crippen molar-refractivity contribution < 1.29 is 14.0 Å². The van der Waals surface area contributed by atoms with Gasteiger partial charge in [0.15, 0.2) is 0 Å². The second kappa shape index (κ2) is 5.11. The minimum absolute atomic E-state index is 0.109. The van der Waals surface area contributed by atoms with E-state index in [1.54, 1.807) is 10.6 Å². The first-order valence-electron chi connectivity index (χ1n) is 6.55. The van der Waals surface area contributed by atoms with E-state index in [-0.39, 0.29) is 24.1 Å². The van der Waals surface area contributed by atoms with E-state index in [1.807, 2.05) is 0 Å². The molecule has 1 aromatic heterocycles. The predicted octanol–water partition coefficient (Wildman–Crippen LogP) is 2.23. The van der Waals surface area contributed by atoms with E-state index in [0.29, 0.717) is 23.3 Å². The van der Waals surface area contributed by atoms with Crippen molar-refractivity contribution in [1.82, 2.24) is 14.5 Å². The van der Waals surface area contributed by atoms with Crippen LogP contribution in [0.1, 0.15) is 24.7 Å². The Morgan fingerprint density at radius 2 is 2.19 bits per heavy atom. The first-order chi connectivity index (χ1) is 10.0. The topological polar surface area (TPSA) is 55.2 Å². The number of rotatable bonds is 2.